The number of benzene rings is 1. The highest BCUT2D eigenvalue weighted by atomic mass is 16.6. The lowest BCUT2D eigenvalue weighted by Crippen LogP contribution is -1.89. The first-order valence-corrected chi connectivity index (χ1v) is 5.78. The quantitative estimate of drug-likeness (QED) is 0.383. The largest absolute Gasteiger partial charge is 0.270 e. The van der Waals surface area contributed by atoms with E-state index >= 15 is 0 Å². The summed E-state index contributed by atoms with van der Waals surface area (Å²) in [6, 6.07) is 9.86. The van der Waals surface area contributed by atoms with Gasteiger partial charge in [0.1, 0.15) is 6.33 Å². The van der Waals surface area contributed by atoms with E-state index in [1.807, 2.05) is 12.1 Å². The molecule has 0 spiro atoms. The van der Waals surface area contributed by atoms with Crippen LogP contribution >= 0.6 is 0 Å². The molecule has 0 unspecified atom stereocenters. The normalized spacial score (nSPS) is 10.0. The maximum absolute atomic E-state index is 10.7. The van der Waals surface area contributed by atoms with Crippen LogP contribution in [0.25, 0.3) is 5.65 Å². The third-order valence-corrected chi connectivity index (χ3v) is 2.68. The molecule has 0 aliphatic carbocycles. The van der Waals surface area contributed by atoms with Gasteiger partial charge < -0.3 is 0 Å². The van der Waals surface area contributed by atoms with Gasteiger partial charge in [0.2, 0.25) is 0 Å². The summed E-state index contributed by atoms with van der Waals surface area (Å²) in [5.74, 6) is 5.84. The third-order valence-electron chi connectivity index (χ3n) is 2.68. The van der Waals surface area contributed by atoms with E-state index < -0.39 is 4.92 Å². The van der Waals surface area contributed by atoms with Gasteiger partial charge in [-0.1, -0.05) is 17.9 Å². The Bertz CT molecular complexity index is 858. The van der Waals surface area contributed by atoms with Crippen LogP contribution < -0.4 is 0 Å². The fourth-order valence-electron chi connectivity index (χ4n) is 1.73. The van der Waals surface area contributed by atoms with Crippen LogP contribution in [0.3, 0.4) is 0 Å². The van der Waals surface area contributed by atoms with Crippen molar-refractivity contribution in [2.45, 2.75) is 0 Å². The molecule has 0 radical (unpaired) electrons. The summed E-state index contributed by atoms with van der Waals surface area (Å²) >= 11 is 0. The van der Waals surface area contributed by atoms with E-state index in [0.29, 0.717) is 5.56 Å². The van der Waals surface area contributed by atoms with Crippen LogP contribution in [0.5, 0.6) is 0 Å². The van der Waals surface area contributed by atoms with Crippen LogP contribution in [0.15, 0.2) is 48.9 Å². The van der Waals surface area contributed by atoms with Crippen LogP contribution in [-0.2, 0) is 0 Å². The van der Waals surface area contributed by atoms with Gasteiger partial charge >= 0.3 is 0 Å². The zero-order chi connectivity index (χ0) is 13.9. The number of pyridine rings is 1. The Morgan fingerprint density at radius 2 is 2.00 bits per heavy atom. The Kier molecular flexibility index (Phi) is 2.86. The Balaban J connectivity index is 1.94. The molecule has 0 N–H and O–H groups in total. The van der Waals surface area contributed by atoms with Gasteiger partial charge in [-0.3, -0.25) is 10.1 Å². The molecule has 96 valence electrons. The Morgan fingerprint density at radius 1 is 1.15 bits per heavy atom. The molecule has 6 nitrogen and oxygen atoms in total. The molecule has 0 atom stereocenters. The van der Waals surface area contributed by atoms with Gasteiger partial charge in [-0.2, -0.15) is 5.10 Å². The van der Waals surface area contributed by atoms with Crippen molar-refractivity contribution in [1.82, 2.24) is 14.6 Å². The SMILES string of the molecule is O=[N+]([O-])c1cccc(C#Cc2ccc3ncnn3c2)c1. The van der Waals surface area contributed by atoms with Crippen molar-refractivity contribution in [1.29, 1.82) is 0 Å². The van der Waals surface area contributed by atoms with Crippen molar-refractivity contribution in [3.05, 3.63) is 70.2 Å². The molecule has 0 fully saturated rings. The molecule has 2 aromatic heterocycles. The van der Waals surface area contributed by atoms with E-state index in [0.717, 1.165) is 11.2 Å². The number of fused-ring (bicyclic) bond motifs is 1. The average molecular weight is 264 g/mol. The molecule has 3 rings (SSSR count). The van der Waals surface area contributed by atoms with Crippen molar-refractivity contribution in [2.75, 3.05) is 0 Å². The topological polar surface area (TPSA) is 73.3 Å². The minimum absolute atomic E-state index is 0.0310. The Labute approximate surface area is 113 Å². The second-order valence-electron chi connectivity index (χ2n) is 4.04. The standard InChI is InChI=1S/C14H8N4O2/c19-18(20)13-3-1-2-11(8-13)4-5-12-6-7-14-15-10-16-17(14)9-12/h1-3,6-10H. The second-order valence-corrected chi connectivity index (χ2v) is 4.04. The number of non-ortho nitro benzene ring substituents is 1. The highest BCUT2D eigenvalue weighted by molar-refractivity contribution is 5.48. The second kappa shape index (κ2) is 4.82. The van der Waals surface area contributed by atoms with Crippen LogP contribution in [-0.4, -0.2) is 19.5 Å². The number of hydrogen-bond acceptors (Lipinski definition) is 4. The predicted octanol–water partition coefficient (Wildman–Crippen LogP) is 2.04. The number of hydrogen-bond donors (Lipinski definition) is 0. The fraction of sp³-hybridized carbons (Fsp3) is 0. The van der Waals surface area contributed by atoms with Gasteiger partial charge in [0.25, 0.3) is 5.69 Å². The van der Waals surface area contributed by atoms with E-state index in [9.17, 15) is 10.1 Å². The number of nitro groups is 1. The predicted molar refractivity (Wildman–Crippen MR) is 72.1 cm³/mol. The fourth-order valence-corrected chi connectivity index (χ4v) is 1.73. The molecule has 0 saturated heterocycles. The number of aromatic nitrogens is 3. The average Bonchev–Trinajstić information content (AvgIpc) is 2.93. The van der Waals surface area contributed by atoms with Gasteiger partial charge in [0.15, 0.2) is 5.65 Å². The van der Waals surface area contributed by atoms with Crippen LogP contribution in [0, 0.1) is 22.0 Å². The van der Waals surface area contributed by atoms with E-state index in [1.165, 1.54) is 18.5 Å². The maximum atomic E-state index is 10.7. The first-order chi connectivity index (χ1) is 9.72. The van der Waals surface area contributed by atoms with Crippen molar-refractivity contribution >= 4 is 11.3 Å². The molecule has 1 aromatic carbocycles. The molecule has 2 heterocycles. The molecule has 0 saturated carbocycles. The zero-order valence-corrected chi connectivity index (χ0v) is 10.2. The van der Waals surface area contributed by atoms with Crippen LogP contribution in [0.1, 0.15) is 11.1 Å². The lowest BCUT2D eigenvalue weighted by molar-refractivity contribution is -0.384. The van der Waals surface area contributed by atoms with E-state index in [1.54, 1.807) is 22.8 Å². The number of nitrogens with zero attached hydrogens (tertiary/aromatic N) is 4. The van der Waals surface area contributed by atoms with Crippen molar-refractivity contribution in [2.24, 2.45) is 0 Å². The Hall–Kier alpha value is -3.20. The minimum atomic E-state index is -0.438. The summed E-state index contributed by atoms with van der Waals surface area (Å²) in [6.45, 7) is 0. The molecule has 0 bridgehead atoms. The zero-order valence-electron chi connectivity index (χ0n) is 10.2. The van der Waals surface area contributed by atoms with E-state index in [4.69, 9.17) is 0 Å². The monoisotopic (exact) mass is 264 g/mol. The summed E-state index contributed by atoms with van der Waals surface area (Å²) in [5.41, 5.74) is 2.13. The van der Waals surface area contributed by atoms with E-state index in [2.05, 4.69) is 21.9 Å². The van der Waals surface area contributed by atoms with Gasteiger partial charge in [0.05, 0.1) is 4.92 Å². The van der Waals surface area contributed by atoms with Crippen LogP contribution in [0.4, 0.5) is 5.69 Å². The molecule has 3 aromatic rings. The molecule has 6 heteroatoms. The van der Waals surface area contributed by atoms with Gasteiger partial charge in [-0.25, -0.2) is 9.50 Å². The van der Waals surface area contributed by atoms with E-state index in [-0.39, 0.29) is 5.69 Å². The molecule has 0 aliphatic rings. The smallest absolute Gasteiger partial charge is 0.258 e. The number of rotatable bonds is 1. The first-order valence-electron chi connectivity index (χ1n) is 5.78. The molecule has 0 aliphatic heterocycles. The van der Waals surface area contributed by atoms with Crippen molar-refractivity contribution in [3.8, 4) is 11.8 Å². The van der Waals surface area contributed by atoms with Crippen LogP contribution in [0.2, 0.25) is 0 Å². The maximum Gasteiger partial charge on any atom is 0.270 e. The summed E-state index contributed by atoms with van der Waals surface area (Å²) in [7, 11) is 0. The lowest BCUT2D eigenvalue weighted by atomic mass is 10.2. The first kappa shape index (κ1) is 11.9. The minimum Gasteiger partial charge on any atom is -0.258 e. The van der Waals surface area contributed by atoms with Crippen molar-refractivity contribution in [3.63, 3.8) is 0 Å². The van der Waals surface area contributed by atoms with Gasteiger partial charge in [-0.15, -0.1) is 0 Å². The summed E-state index contributed by atoms with van der Waals surface area (Å²) in [5, 5.41) is 14.7. The summed E-state index contributed by atoms with van der Waals surface area (Å²) in [4.78, 5) is 14.3. The molecule has 0 amide bonds. The number of nitro benzene ring substituents is 1. The molecular weight excluding hydrogens is 256 g/mol. The molecule has 20 heavy (non-hydrogen) atoms. The van der Waals surface area contributed by atoms with Gasteiger partial charge in [0, 0.05) is 29.5 Å². The highest BCUT2D eigenvalue weighted by Gasteiger charge is 2.03. The highest BCUT2D eigenvalue weighted by Crippen LogP contribution is 2.12. The summed E-state index contributed by atoms with van der Waals surface area (Å²) < 4.78 is 1.62. The lowest BCUT2D eigenvalue weighted by Gasteiger charge is -1.93. The third kappa shape index (κ3) is 2.33. The summed E-state index contributed by atoms with van der Waals surface area (Å²) in [6.07, 6.45) is 3.22. The molecular formula is C14H8N4O2. The van der Waals surface area contributed by atoms with Crippen molar-refractivity contribution < 1.29 is 4.92 Å². The van der Waals surface area contributed by atoms with Gasteiger partial charge in [-0.05, 0) is 18.2 Å². The Morgan fingerprint density at radius 3 is 2.85 bits per heavy atom.